The summed E-state index contributed by atoms with van der Waals surface area (Å²) in [6.07, 6.45) is 4.00. The molecule has 0 saturated heterocycles. The SMILES string of the molecule is CCc1nc(Cl)cc(Oc2cccnc2)n1. The van der Waals surface area contributed by atoms with E-state index in [-0.39, 0.29) is 0 Å². The van der Waals surface area contributed by atoms with Crippen molar-refractivity contribution >= 4 is 11.6 Å². The molecule has 0 aliphatic heterocycles. The Morgan fingerprint density at radius 1 is 1.38 bits per heavy atom. The highest BCUT2D eigenvalue weighted by atomic mass is 35.5. The van der Waals surface area contributed by atoms with Crippen molar-refractivity contribution in [2.45, 2.75) is 13.3 Å². The summed E-state index contributed by atoms with van der Waals surface area (Å²) >= 11 is 5.85. The Hall–Kier alpha value is -1.68. The maximum absolute atomic E-state index is 5.85. The monoisotopic (exact) mass is 235 g/mol. The predicted octanol–water partition coefficient (Wildman–Crippen LogP) is 2.88. The van der Waals surface area contributed by atoms with Crippen molar-refractivity contribution in [1.82, 2.24) is 15.0 Å². The standard InChI is InChI=1S/C11H10ClN3O/c1-2-10-14-9(12)6-11(15-10)16-8-4-3-5-13-7-8/h3-7H,2H2,1H3. The van der Waals surface area contributed by atoms with Crippen LogP contribution in [0.4, 0.5) is 0 Å². The maximum Gasteiger partial charge on any atom is 0.224 e. The van der Waals surface area contributed by atoms with Crippen LogP contribution in [-0.2, 0) is 6.42 Å². The van der Waals surface area contributed by atoms with Crippen LogP contribution in [0, 0.1) is 0 Å². The lowest BCUT2D eigenvalue weighted by Gasteiger charge is -2.05. The fourth-order valence-electron chi connectivity index (χ4n) is 1.18. The van der Waals surface area contributed by atoms with Crippen LogP contribution in [0.3, 0.4) is 0 Å². The third-order valence-electron chi connectivity index (χ3n) is 1.89. The summed E-state index contributed by atoms with van der Waals surface area (Å²) in [6.45, 7) is 1.96. The van der Waals surface area contributed by atoms with Crippen molar-refractivity contribution in [2.75, 3.05) is 0 Å². The van der Waals surface area contributed by atoms with Crippen LogP contribution >= 0.6 is 11.6 Å². The molecule has 0 radical (unpaired) electrons. The first-order chi connectivity index (χ1) is 7.78. The molecule has 0 saturated carbocycles. The van der Waals surface area contributed by atoms with Crippen molar-refractivity contribution in [3.05, 3.63) is 41.6 Å². The minimum atomic E-state index is 0.380. The molecule has 0 N–H and O–H groups in total. The number of rotatable bonds is 3. The van der Waals surface area contributed by atoms with E-state index >= 15 is 0 Å². The molecule has 0 fully saturated rings. The van der Waals surface area contributed by atoms with Gasteiger partial charge in [0, 0.05) is 18.7 Å². The lowest BCUT2D eigenvalue weighted by atomic mass is 10.4. The Bertz CT molecular complexity index is 476. The maximum atomic E-state index is 5.85. The number of halogens is 1. The molecule has 0 spiro atoms. The van der Waals surface area contributed by atoms with Crippen LogP contribution in [0.5, 0.6) is 11.6 Å². The molecule has 2 aromatic rings. The second-order valence-electron chi connectivity index (χ2n) is 3.09. The van der Waals surface area contributed by atoms with Crippen molar-refractivity contribution in [3.8, 4) is 11.6 Å². The second kappa shape index (κ2) is 4.90. The van der Waals surface area contributed by atoms with E-state index in [1.54, 1.807) is 30.6 Å². The topological polar surface area (TPSA) is 47.9 Å². The van der Waals surface area contributed by atoms with Gasteiger partial charge in [-0.15, -0.1) is 0 Å². The van der Waals surface area contributed by atoms with E-state index in [0.717, 1.165) is 0 Å². The lowest BCUT2D eigenvalue weighted by molar-refractivity contribution is 0.456. The normalized spacial score (nSPS) is 10.1. The molecule has 16 heavy (non-hydrogen) atoms. The van der Waals surface area contributed by atoms with Gasteiger partial charge in [-0.3, -0.25) is 4.98 Å². The van der Waals surface area contributed by atoms with Gasteiger partial charge in [0.2, 0.25) is 5.88 Å². The fourth-order valence-corrected chi connectivity index (χ4v) is 1.37. The van der Waals surface area contributed by atoms with Gasteiger partial charge in [-0.1, -0.05) is 18.5 Å². The molecule has 0 aliphatic carbocycles. The number of aryl methyl sites for hydroxylation is 1. The van der Waals surface area contributed by atoms with Gasteiger partial charge in [0.1, 0.15) is 16.7 Å². The number of ether oxygens (including phenoxy) is 1. The summed E-state index contributed by atoms with van der Waals surface area (Å²) < 4.78 is 5.50. The Morgan fingerprint density at radius 3 is 2.94 bits per heavy atom. The molecule has 0 aromatic carbocycles. The molecular formula is C11H10ClN3O. The summed E-state index contributed by atoms with van der Waals surface area (Å²) in [5.74, 6) is 1.72. The van der Waals surface area contributed by atoms with E-state index in [1.165, 1.54) is 0 Å². The van der Waals surface area contributed by atoms with Crippen molar-refractivity contribution < 1.29 is 4.74 Å². The molecule has 0 aliphatic rings. The van der Waals surface area contributed by atoms with Gasteiger partial charge in [-0.25, -0.2) is 4.98 Å². The van der Waals surface area contributed by atoms with E-state index in [2.05, 4.69) is 15.0 Å². The molecule has 0 unspecified atom stereocenters. The van der Waals surface area contributed by atoms with Gasteiger partial charge < -0.3 is 4.74 Å². The number of nitrogens with zero attached hydrogens (tertiary/aromatic N) is 3. The zero-order valence-corrected chi connectivity index (χ0v) is 9.48. The van der Waals surface area contributed by atoms with E-state index < -0.39 is 0 Å². The molecule has 5 heteroatoms. The van der Waals surface area contributed by atoms with Gasteiger partial charge in [-0.05, 0) is 12.1 Å². The van der Waals surface area contributed by atoms with Crippen LogP contribution in [-0.4, -0.2) is 15.0 Å². The first-order valence-electron chi connectivity index (χ1n) is 4.89. The average molecular weight is 236 g/mol. The van der Waals surface area contributed by atoms with Crippen LogP contribution in [0.15, 0.2) is 30.6 Å². The highest BCUT2D eigenvalue weighted by Gasteiger charge is 2.03. The smallest absolute Gasteiger partial charge is 0.224 e. The Balaban J connectivity index is 2.24. The Kier molecular flexibility index (Phi) is 3.31. The first kappa shape index (κ1) is 10.8. The van der Waals surface area contributed by atoms with Gasteiger partial charge in [0.15, 0.2) is 0 Å². The quantitative estimate of drug-likeness (QED) is 0.768. The van der Waals surface area contributed by atoms with Gasteiger partial charge in [-0.2, -0.15) is 4.98 Å². The molecule has 2 aromatic heterocycles. The molecule has 0 amide bonds. The third kappa shape index (κ3) is 2.67. The highest BCUT2D eigenvalue weighted by Crippen LogP contribution is 2.20. The van der Waals surface area contributed by atoms with Gasteiger partial charge in [0.25, 0.3) is 0 Å². The van der Waals surface area contributed by atoms with E-state index in [1.807, 2.05) is 6.92 Å². The minimum Gasteiger partial charge on any atom is -0.437 e. The van der Waals surface area contributed by atoms with Crippen molar-refractivity contribution in [2.24, 2.45) is 0 Å². The molecule has 2 rings (SSSR count). The van der Waals surface area contributed by atoms with E-state index in [0.29, 0.717) is 29.0 Å². The predicted molar refractivity (Wildman–Crippen MR) is 60.7 cm³/mol. The number of pyridine rings is 1. The minimum absolute atomic E-state index is 0.380. The summed E-state index contributed by atoms with van der Waals surface area (Å²) in [7, 11) is 0. The zero-order chi connectivity index (χ0) is 11.4. The summed E-state index contributed by atoms with van der Waals surface area (Å²) in [6, 6.07) is 5.17. The summed E-state index contributed by atoms with van der Waals surface area (Å²) in [5.41, 5.74) is 0. The van der Waals surface area contributed by atoms with Crippen molar-refractivity contribution in [1.29, 1.82) is 0 Å². The first-order valence-corrected chi connectivity index (χ1v) is 5.27. The molecule has 0 bridgehead atoms. The van der Waals surface area contributed by atoms with Crippen LogP contribution in [0.1, 0.15) is 12.7 Å². The van der Waals surface area contributed by atoms with Crippen LogP contribution in [0.25, 0.3) is 0 Å². The van der Waals surface area contributed by atoms with E-state index in [9.17, 15) is 0 Å². The Morgan fingerprint density at radius 2 is 2.25 bits per heavy atom. The molecule has 0 atom stereocenters. The van der Waals surface area contributed by atoms with Crippen LogP contribution < -0.4 is 4.74 Å². The van der Waals surface area contributed by atoms with Gasteiger partial charge in [0.05, 0.1) is 6.20 Å². The number of aromatic nitrogens is 3. The lowest BCUT2D eigenvalue weighted by Crippen LogP contribution is -1.96. The average Bonchev–Trinajstić information content (AvgIpc) is 2.29. The van der Waals surface area contributed by atoms with Gasteiger partial charge >= 0.3 is 0 Å². The molecule has 2 heterocycles. The Labute approximate surface area is 98.3 Å². The fraction of sp³-hybridized carbons (Fsp3) is 0.182. The molecule has 4 nitrogen and oxygen atoms in total. The van der Waals surface area contributed by atoms with Crippen molar-refractivity contribution in [3.63, 3.8) is 0 Å². The number of hydrogen-bond acceptors (Lipinski definition) is 4. The summed E-state index contributed by atoms with van der Waals surface area (Å²) in [4.78, 5) is 12.2. The molecular weight excluding hydrogens is 226 g/mol. The van der Waals surface area contributed by atoms with E-state index in [4.69, 9.17) is 16.3 Å². The third-order valence-corrected chi connectivity index (χ3v) is 2.08. The summed E-state index contributed by atoms with van der Waals surface area (Å²) in [5, 5.41) is 0.380. The zero-order valence-electron chi connectivity index (χ0n) is 8.72. The van der Waals surface area contributed by atoms with Crippen LogP contribution in [0.2, 0.25) is 5.15 Å². The largest absolute Gasteiger partial charge is 0.437 e. The second-order valence-corrected chi connectivity index (χ2v) is 3.48. The molecule has 82 valence electrons. The highest BCUT2D eigenvalue weighted by molar-refractivity contribution is 6.29. The number of hydrogen-bond donors (Lipinski definition) is 0.